The summed E-state index contributed by atoms with van der Waals surface area (Å²) in [4.78, 5) is 12.3. The number of carbonyl (C=O) groups is 1. The van der Waals surface area contributed by atoms with E-state index in [1.54, 1.807) is 0 Å². The topological polar surface area (TPSA) is 38.3 Å². The van der Waals surface area contributed by atoms with E-state index in [-0.39, 0.29) is 11.9 Å². The van der Waals surface area contributed by atoms with Crippen LogP contribution < -0.4 is 5.32 Å². The van der Waals surface area contributed by atoms with E-state index in [0.717, 1.165) is 22.3 Å². The van der Waals surface area contributed by atoms with Crippen LogP contribution in [0, 0.1) is 13.8 Å². The number of ether oxygens (including phenoxy) is 1. The van der Waals surface area contributed by atoms with Crippen LogP contribution in [0.1, 0.15) is 45.1 Å². The number of hydrogen-bond donors (Lipinski definition) is 1. The van der Waals surface area contributed by atoms with E-state index in [4.69, 9.17) is 4.74 Å². The van der Waals surface area contributed by atoms with Crippen LogP contribution in [0.4, 0.5) is 0 Å². The SMILES string of the molecule is Cc1ccc(C(=O)CCNCCOC(c2ccccc2)c2ccccc2)cc1C. The van der Waals surface area contributed by atoms with Crippen LogP contribution in [0.5, 0.6) is 0 Å². The molecule has 0 fully saturated rings. The van der Waals surface area contributed by atoms with Gasteiger partial charge in [0.05, 0.1) is 6.61 Å². The second-order valence-corrected chi connectivity index (χ2v) is 7.29. The molecular weight excluding hydrogens is 358 g/mol. The molecule has 0 saturated carbocycles. The first-order valence-corrected chi connectivity index (χ1v) is 10.2. The molecule has 0 aliphatic carbocycles. The lowest BCUT2D eigenvalue weighted by molar-refractivity contribution is 0.0816. The Bertz CT molecular complexity index is 867. The van der Waals surface area contributed by atoms with Crippen LogP contribution in [0.15, 0.2) is 78.9 Å². The first-order valence-electron chi connectivity index (χ1n) is 10.2. The fourth-order valence-electron chi connectivity index (χ4n) is 3.28. The zero-order chi connectivity index (χ0) is 20.5. The van der Waals surface area contributed by atoms with Crippen molar-refractivity contribution in [3.05, 3.63) is 107 Å². The largest absolute Gasteiger partial charge is 0.367 e. The average molecular weight is 388 g/mol. The molecule has 0 aliphatic heterocycles. The van der Waals surface area contributed by atoms with E-state index in [1.165, 1.54) is 5.56 Å². The number of benzene rings is 3. The van der Waals surface area contributed by atoms with Gasteiger partial charge in [-0.3, -0.25) is 4.79 Å². The second-order valence-electron chi connectivity index (χ2n) is 7.29. The summed E-state index contributed by atoms with van der Waals surface area (Å²) in [5.74, 6) is 0.174. The molecule has 1 N–H and O–H groups in total. The van der Waals surface area contributed by atoms with Crippen molar-refractivity contribution in [1.29, 1.82) is 0 Å². The number of aryl methyl sites for hydroxylation is 2. The van der Waals surface area contributed by atoms with Gasteiger partial charge in [0.2, 0.25) is 0 Å². The van der Waals surface area contributed by atoms with Gasteiger partial charge in [-0.25, -0.2) is 0 Å². The number of hydrogen-bond acceptors (Lipinski definition) is 3. The summed E-state index contributed by atoms with van der Waals surface area (Å²) in [5, 5.41) is 3.32. The highest BCUT2D eigenvalue weighted by molar-refractivity contribution is 5.96. The van der Waals surface area contributed by atoms with Gasteiger partial charge in [0.1, 0.15) is 6.10 Å². The number of ketones is 1. The number of carbonyl (C=O) groups excluding carboxylic acids is 1. The molecule has 29 heavy (non-hydrogen) atoms. The minimum Gasteiger partial charge on any atom is -0.367 e. The van der Waals surface area contributed by atoms with Gasteiger partial charge < -0.3 is 10.1 Å². The van der Waals surface area contributed by atoms with Gasteiger partial charge in [-0.15, -0.1) is 0 Å². The van der Waals surface area contributed by atoms with Gasteiger partial charge in [-0.05, 0) is 42.2 Å². The fraction of sp³-hybridized carbons (Fsp3) is 0.269. The lowest BCUT2D eigenvalue weighted by Crippen LogP contribution is -2.24. The highest BCUT2D eigenvalue weighted by Gasteiger charge is 2.14. The summed E-state index contributed by atoms with van der Waals surface area (Å²) in [5.41, 5.74) is 5.44. The van der Waals surface area contributed by atoms with Gasteiger partial charge in [-0.1, -0.05) is 72.8 Å². The van der Waals surface area contributed by atoms with E-state index in [1.807, 2.05) is 61.5 Å². The average Bonchev–Trinajstić information content (AvgIpc) is 2.76. The van der Waals surface area contributed by atoms with Crippen molar-refractivity contribution in [2.24, 2.45) is 0 Å². The summed E-state index contributed by atoms with van der Waals surface area (Å²) < 4.78 is 6.19. The van der Waals surface area contributed by atoms with Gasteiger partial charge in [0.25, 0.3) is 0 Å². The van der Waals surface area contributed by atoms with E-state index >= 15 is 0 Å². The predicted octanol–water partition coefficient (Wildman–Crippen LogP) is 5.27. The molecule has 3 aromatic rings. The van der Waals surface area contributed by atoms with Crippen molar-refractivity contribution in [3.63, 3.8) is 0 Å². The van der Waals surface area contributed by atoms with E-state index < -0.39 is 0 Å². The molecule has 0 heterocycles. The molecular formula is C26H29NO2. The number of nitrogens with one attached hydrogen (secondary N) is 1. The molecule has 0 saturated heterocycles. The summed E-state index contributed by atoms with van der Waals surface area (Å²) in [6, 6.07) is 26.4. The lowest BCUT2D eigenvalue weighted by Gasteiger charge is -2.19. The smallest absolute Gasteiger partial charge is 0.164 e. The van der Waals surface area contributed by atoms with Crippen molar-refractivity contribution in [1.82, 2.24) is 5.32 Å². The zero-order valence-corrected chi connectivity index (χ0v) is 17.2. The quantitative estimate of drug-likeness (QED) is 0.380. The molecule has 0 aromatic heterocycles. The van der Waals surface area contributed by atoms with Gasteiger partial charge in [-0.2, -0.15) is 0 Å². The van der Waals surface area contributed by atoms with Gasteiger partial charge in [0, 0.05) is 25.1 Å². The van der Waals surface area contributed by atoms with E-state index in [2.05, 4.69) is 36.5 Å². The third-order valence-corrected chi connectivity index (χ3v) is 5.13. The maximum Gasteiger partial charge on any atom is 0.164 e. The number of rotatable bonds is 10. The third kappa shape index (κ3) is 6.11. The molecule has 0 spiro atoms. The normalized spacial score (nSPS) is 11.0. The summed E-state index contributed by atoms with van der Waals surface area (Å²) in [7, 11) is 0. The van der Waals surface area contributed by atoms with Crippen molar-refractivity contribution >= 4 is 5.78 Å². The first kappa shape index (κ1) is 21.0. The van der Waals surface area contributed by atoms with Crippen LogP contribution in [0.25, 0.3) is 0 Å². The van der Waals surface area contributed by atoms with Gasteiger partial charge in [0.15, 0.2) is 5.78 Å². The maximum atomic E-state index is 12.3. The Kier molecular flexibility index (Phi) is 7.74. The molecule has 0 amide bonds. The minimum atomic E-state index is -0.0867. The lowest BCUT2D eigenvalue weighted by atomic mass is 10.0. The highest BCUT2D eigenvalue weighted by atomic mass is 16.5. The third-order valence-electron chi connectivity index (χ3n) is 5.13. The molecule has 0 unspecified atom stereocenters. The van der Waals surface area contributed by atoms with Gasteiger partial charge >= 0.3 is 0 Å². The highest BCUT2D eigenvalue weighted by Crippen LogP contribution is 2.25. The Balaban J connectivity index is 1.46. The first-order chi connectivity index (χ1) is 14.1. The summed E-state index contributed by atoms with van der Waals surface area (Å²) in [6.07, 6.45) is 0.403. The van der Waals surface area contributed by atoms with Crippen molar-refractivity contribution in [3.8, 4) is 0 Å². The van der Waals surface area contributed by atoms with Crippen molar-refractivity contribution in [2.75, 3.05) is 19.7 Å². The summed E-state index contributed by atoms with van der Waals surface area (Å²) >= 11 is 0. The molecule has 3 rings (SSSR count). The Labute approximate surface area is 173 Å². The maximum absolute atomic E-state index is 12.3. The van der Waals surface area contributed by atoms with Crippen LogP contribution >= 0.6 is 0 Å². The van der Waals surface area contributed by atoms with Crippen LogP contribution in [-0.2, 0) is 4.74 Å². The van der Waals surface area contributed by atoms with E-state index in [0.29, 0.717) is 26.1 Å². The molecule has 0 bridgehead atoms. The molecule has 0 atom stereocenters. The molecule has 150 valence electrons. The number of Topliss-reactive ketones (excluding diaryl/α,β-unsaturated/α-hetero) is 1. The molecule has 0 radical (unpaired) electrons. The van der Waals surface area contributed by atoms with Crippen LogP contribution in [0.2, 0.25) is 0 Å². The minimum absolute atomic E-state index is 0.0867. The Morgan fingerprint density at radius 2 is 1.45 bits per heavy atom. The Hall–Kier alpha value is -2.75. The van der Waals surface area contributed by atoms with E-state index in [9.17, 15) is 4.79 Å². The molecule has 3 heteroatoms. The summed E-state index contributed by atoms with van der Waals surface area (Å²) in [6.45, 7) is 6.03. The van der Waals surface area contributed by atoms with Crippen LogP contribution in [-0.4, -0.2) is 25.5 Å². The monoisotopic (exact) mass is 387 g/mol. The second kappa shape index (κ2) is 10.7. The molecule has 3 aromatic carbocycles. The van der Waals surface area contributed by atoms with Crippen molar-refractivity contribution in [2.45, 2.75) is 26.4 Å². The fourth-order valence-corrected chi connectivity index (χ4v) is 3.28. The molecule has 3 nitrogen and oxygen atoms in total. The molecule has 0 aliphatic rings. The van der Waals surface area contributed by atoms with Crippen molar-refractivity contribution < 1.29 is 9.53 Å². The Morgan fingerprint density at radius 1 is 0.828 bits per heavy atom. The predicted molar refractivity (Wildman–Crippen MR) is 118 cm³/mol. The van der Waals surface area contributed by atoms with Crippen LogP contribution in [0.3, 0.4) is 0 Å². The zero-order valence-electron chi connectivity index (χ0n) is 17.2. The Morgan fingerprint density at radius 3 is 2.03 bits per heavy atom. The standard InChI is InChI=1S/C26H29NO2/c1-20-13-14-24(19-21(20)2)25(28)15-16-27-17-18-29-26(22-9-5-3-6-10-22)23-11-7-4-8-12-23/h3-14,19,26-27H,15-18H2,1-2H3.